The zero-order chi connectivity index (χ0) is 13.2. The second-order valence-electron chi connectivity index (χ2n) is 4.80. The fourth-order valence-corrected chi connectivity index (χ4v) is 3.04. The zero-order valence-electron chi connectivity index (χ0n) is 10.0. The first-order chi connectivity index (χ1) is 8.59. The Bertz CT molecular complexity index is 419. The van der Waals surface area contributed by atoms with E-state index in [0.29, 0.717) is 13.2 Å². The van der Waals surface area contributed by atoms with Crippen molar-refractivity contribution in [1.82, 2.24) is 0 Å². The average Bonchev–Trinajstić information content (AvgIpc) is 2.42. The van der Waals surface area contributed by atoms with Gasteiger partial charge in [-0.05, 0) is 62.4 Å². The lowest BCUT2D eigenvalue weighted by Crippen LogP contribution is -2.43. The van der Waals surface area contributed by atoms with Crippen LogP contribution in [0.5, 0.6) is 0 Å². The van der Waals surface area contributed by atoms with Crippen LogP contribution >= 0.6 is 31.9 Å². The molecule has 0 bridgehead atoms. The summed E-state index contributed by atoms with van der Waals surface area (Å²) < 4.78 is 7.42. The van der Waals surface area contributed by atoms with E-state index in [-0.39, 0.29) is 5.41 Å². The maximum atomic E-state index is 10.6. The van der Waals surface area contributed by atoms with Crippen molar-refractivity contribution in [2.24, 2.45) is 11.1 Å². The molecule has 0 aliphatic carbocycles. The molecule has 2 unspecified atom stereocenters. The molecular weight excluding hydrogens is 362 g/mol. The van der Waals surface area contributed by atoms with Crippen molar-refractivity contribution < 1.29 is 9.84 Å². The van der Waals surface area contributed by atoms with E-state index in [2.05, 4.69) is 31.9 Å². The molecule has 1 aromatic carbocycles. The Morgan fingerprint density at radius 2 is 2.17 bits per heavy atom. The molecule has 1 fully saturated rings. The van der Waals surface area contributed by atoms with Crippen molar-refractivity contribution >= 4 is 31.9 Å². The molecule has 0 amide bonds. The van der Waals surface area contributed by atoms with Gasteiger partial charge in [-0.2, -0.15) is 0 Å². The van der Waals surface area contributed by atoms with Gasteiger partial charge in [0.25, 0.3) is 0 Å². The van der Waals surface area contributed by atoms with Crippen LogP contribution in [0.25, 0.3) is 0 Å². The van der Waals surface area contributed by atoms with Crippen LogP contribution in [0.4, 0.5) is 0 Å². The molecule has 3 nitrogen and oxygen atoms in total. The zero-order valence-corrected chi connectivity index (χ0v) is 13.2. The summed E-state index contributed by atoms with van der Waals surface area (Å²) >= 11 is 6.88. The summed E-state index contributed by atoms with van der Waals surface area (Å²) in [4.78, 5) is 0. The molecule has 2 atom stereocenters. The quantitative estimate of drug-likeness (QED) is 0.849. The summed E-state index contributed by atoms with van der Waals surface area (Å²) in [6.07, 6.45) is 1.26. The Morgan fingerprint density at radius 1 is 1.39 bits per heavy atom. The number of ether oxygens (including phenoxy) is 1. The molecule has 5 heteroatoms. The van der Waals surface area contributed by atoms with E-state index < -0.39 is 6.10 Å². The van der Waals surface area contributed by atoms with Gasteiger partial charge in [-0.3, -0.25) is 0 Å². The standard InChI is InChI=1S/C13H17Br2NO2/c14-10-3-2-9(6-11(10)15)12(17)13(7-16)4-1-5-18-8-13/h2-3,6,12,17H,1,4-5,7-8,16H2. The lowest BCUT2D eigenvalue weighted by atomic mass is 9.75. The van der Waals surface area contributed by atoms with Crippen LogP contribution in [0.15, 0.2) is 27.1 Å². The average molecular weight is 379 g/mol. The van der Waals surface area contributed by atoms with E-state index in [1.165, 1.54) is 0 Å². The van der Waals surface area contributed by atoms with E-state index in [4.69, 9.17) is 10.5 Å². The number of hydrogen-bond donors (Lipinski definition) is 2. The van der Waals surface area contributed by atoms with E-state index in [9.17, 15) is 5.11 Å². The maximum Gasteiger partial charge on any atom is 0.0880 e. The monoisotopic (exact) mass is 377 g/mol. The van der Waals surface area contributed by atoms with Gasteiger partial charge in [-0.25, -0.2) is 0 Å². The molecular formula is C13H17Br2NO2. The highest BCUT2D eigenvalue weighted by Gasteiger charge is 2.39. The van der Waals surface area contributed by atoms with Crippen molar-refractivity contribution in [2.45, 2.75) is 18.9 Å². The van der Waals surface area contributed by atoms with Crippen LogP contribution in [0.2, 0.25) is 0 Å². The highest BCUT2D eigenvalue weighted by Crippen LogP contribution is 2.41. The summed E-state index contributed by atoms with van der Waals surface area (Å²) in [5.74, 6) is 0. The molecule has 0 aromatic heterocycles. The molecule has 0 spiro atoms. The maximum absolute atomic E-state index is 10.6. The number of hydrogen-bond acceptors (Lipinski definition) is 3. The fraction of sp³-hybridized carbons (Fsp3) is 0.538. The highest BCUT2D eigenvalue weighted by molar-refractivity contribution is 9.13. The Labute approximate surface area is 124 Å². The molecule has 18 heavy (non-hydrogen) atoms. The molecule has 2 rings (SSSR count). The topological polar surface area (TPSA) is 55.5 Å². The minimum absolute atomic E-state index is 0.356. The normalized spacial score (nSPS) is 26.0. The van der Waals surface area contributed by atoms with Gasteiger partial charge in [0.15, 0.2) is 0 Å². The lowest BCUT2D eigenvalue weighted by molar-refractivity contribution is -0.0782. The number of rotatable bonds is 3. The van der Waals surface area contributed by atoms with Gasteiger partial charge in [0.05, 0.1) is 12.7 Å². The number of nitrogens with two attached hydrogens (primary N) is 1. The summed E-state index contributed by atoms with van der Waals surface area (Å²) in [6, 6.07) is 5.78. The van der Waals surface area contributed by atoms with Crippen LogP contribution < -0.4 is 5.73 Å². The van der Waals surface area contributed by atoms with E-state index in [1.54, 1.807) is 0 Å². The Balaban J connectivity index is 2.27. The third-order valence-electron chi connectivity index (χ3n) is 3.60. The van der Waals surface area contributed by atoms with Crippen molar-refractivity contribution in [1.29, 1.82) is 0 Å². The minimum atomic E-state index is -0.591. The first kappa shape index (κ1) is 14.5. The van der Waals surface area contributed by atoms with Crippen molar-refractivity contribution in [3.63, 3.8) is 0 Å². The van der Waals surface area contributed by atoms with Crippen LogP contribution in [0.3, 0.4) is 0 Å². The second kappa shape index (κ2) is 6.01. The predicted molar refractivity (Wildman–Crippen MR) is 78.3 cm³/mol. The SMILES string of the molecule is NCC1(C(O)c2ccc(Br)c(Br)c2)CCCOC1. The Kier molecular flexibility index (Phi) is 4.83. The number of aliphatic hydroxyl groups is 1. The third kappa shape index (κ3) is 2.80. The van der Waals surface area contributed by atoms with Gasteiger partial charge in [-0.15, -0.1) is 0 Å². The molecule has 1 aliphatic heterocycles. The van der Waals surface area contributed by atoms with Gasteiger partial charge < -0.3 is 15.6 Å². The first-order valence-electron chi connectivity index (χ1n) is 6.00. The molecule has 1 aromatic rings. The molecule has 1 aliphatic rings. The van der Waals surface area contributed by atoms with Crippen LogP contribution in [0.1, 0.15) is 24.5 Å². The Hall–Kier alpha value is 0.0600. The minimum Gasteiger partial charge on any atom is -0.388 e. The van der Waals surface area contributed by atoms with Gasteiger partial charge >= 0.3 is 0 Å². The summed E-state index contributed by atoms with van der Waals surface area (Å²) in [6.45, 7) is 1.72. The fourth-order valence-electron chi connectivity index (χ4n) is 2.40. The summed E-state index contributed by atoms with van der Waals surface area (Å²) in [5, 5.41) is 10.6. The van der Waals surface area contributed by atoms with Crippen molar-refractivity contribution in [3.8, 4) is 0 Å². The molecule has 0 saturated carbocycles. The largest absolute Gasteiger partial charge is 0.388 e. The van der Waals surface area contributed by atoms with Crippen LogP contribution in [-0.2, 0) is 4.74 Å². The van der Waals surface area contributed by atoms with Gasteiger partial charge in [-0.1, -0.05) is 6.07 Å². The van der Waals surface area contributed by atoms with Crippen molar-refractivity contribution in [2.75, 3.05) is 19.8 Å². The van der Waals surface area contributed by atoms with Gasteiger partial charge in [0.1, 0.15) is 0 Å². The van der Waals surface area contributed by atoms with Crippen LogP contribution in [0, 0.1) is 5.41 Å². The van der Waals surface area contributed by atoms with E-state index >= 15 is 0 Å². The summed E-state index contributed by atoms with van der Waals surface area (Å²) in [5.41, 5.74) is 6.40. The van der Waals surface area contributed by atoms with Gasteiger partial charge in [0, 0.05) is 27.5 Å². The highest BCUT2D eigenvalue weighted by atomic mass is 79.9. The second-order valence-corrected chi connectivity index (χ2v) is 6.51. The van der Waals surface area contributed by atoms with E-state index in [1.807, 2.05) is 18.2 Å². The molecule has 3 N–H and O–H groups in total. The predicted octanol–water partition coefficient (Wildman–Crippen LogP) is 3.00. The molecule has 1 heterocycles. The Morgan fingerprint density at radius 3 is 2.72 bits per heavy atom. The summed E-state index contributed by atoms with van der Waals surface area (Å²) in [7, 11) is 0. The molecule has 0 radical (unpaired) electrons. The smallest absolute Gasteiger partial charge is 0.0880 e. The van der Waals surface area contributed by atoms with Crippen molar-refractivity contribution in [3.05, 3.63) is 32.7 Å². The number of halogens is 2. The van der Waals surface area contributed by atoms with Gasteiger partial charge in [0.2, 0.25) is 0 Å². The molecule has 1 saturated heterocycles. The van der Waals surface area contributed by atoms with E-state index in [0.717, 1.165) is 34.0 Å². The first-order valence-corrected chi connectivity index (χ1v) is 7.58. The number of benzene rings is 1. The number of aliphatic hydroxyl groups excluding tert-OH is 1. The van der Waals surface area contributed by atoms with Crippen LogP contribution in [-0.4, -0.2) is 24.9 Å². The lowest BCUT2D eigenvalue weighted by Gasteiger charge is -2.40. The third-order valence-corrected chi connectivity index (χ3v) is 5.48. The molecule has 100 valence electrons.